The molecule has 11 heavy (non-hydrogen) atoms. The summed E-state index contributed by atoms with van der Waals surface area (Å²) in [7, 11) is 0. The first-order chi connectivity index (χ1) is 5.24. The van der Waals surface area contributed by atoms with E-state index in [2.05, 4.69) is 5.92 Å². The van der Waals surface area contributed by atoms with Crippen LogP contribution in [-0.4, -0.2) is 0 Å². The molecule has 0 aliphatic rings. The number of terminal acetylenes is 1. The first-order valence-electron chi connectivity index (χ1n) is 3.11. The average molecular weight is 185 g/mol. The Morgan fingerprint density at radius 2 is 2.00 bits per heavy atom. The lowest BCUT2D eigenvalue weighted by molar-refractivity contribution is 1.32. The van der Waals surface area contributed by atoms with Gasteiger partial charge in [-0.05, 0) is 17.7 Å². The average Bonchev–Trinajstić information content (AvgIpc) is 1.98. The first-order valence-corrected chi connectivity index (χ1v) is 3.87. The molecule has 0 aromatic heterocycles. The zero-order valence-electron chi connectivity index (χ0n) is 5.77. The van der Waals surface area contributed by atoms with E-state index in [0.717, 1.165) is 5.56 Å². The van der Waals surface area contributed by atoms with Crippen LogP contribution in [0, 0.1) is 12.3 Å². The Morgan fingerprint density at radius 3 is 2.55 bits per heavy atom. The van der Waals surface area contributed by atoms with E-state index in [1.807, 2.05) is 6.07 Å². The minimum absolute atomic E-state index is 0.555. The van der Waals surface area contributed by atoms with Gasteiger partial charge >= 0.3 is 0 Å². The molecular formula is C9H6Cl2. The minimum Gasteiger partial charge on any atom is -0.120 e. The second-order valence-corrected chi connectivity index (χ2v) is 2.94. The van der Waals surface area contributed by atoms with Crippen LogP contribution in [-0.2, 0) is 6.42 Å². The fourth-order valence-electron chi connectivity index (χ4n) is 0.767. The number of hydrogen-bond acceptors (Lipinski definition) is 0. The second kappa shape index (κ2) is 3.67. The summed E-state index contributed by atoms with van der Waals surface area (Å²) in [6, 6.07) is 5.40. The molecule has 0 saturated heterocycles. The standard InChI is InChI=1S/C9H6Cl2/c1-2-3-7-4-5-8(10)9(11)6-7/h1,4-6H,3H2. The summed E-state index contributed by atoms with van der Waals surface area (Å²) >= 11 is 11.4. The van der Waals surface area contributed by atoms with Crippen molar-refractivity contribution in [1.82, 2.24) is 0 Å². The lowest BCUT2D eigenvalue weighted by Gasteiger charge is -1.97. The van der Waals surface area contributed by atoms with Gasteiger partial charge in [-0.3, -0.25) is 0 Å². The molecule has 0 aliphatic carbocycles. The number of hydrogen-bond donors (Lipinski definition) is 0. The highest BCUT2D eigenvalue weighted by atomic mass is 35.5. The normalized spacial score (nSPS) is 9.18. The molecule has 0 nitrogen and oxygen atoms in total. The SMILES string of the molecule is C#CCc1ccc(Cl)c(Cl)c1. The molecule has 0 unspecified atom stereocenters. The third kappa shape index (κ3) is 2.15. The van der Waals surface area contributed by atoms with Crippen LogP contribution in [0.25, 0.3) is 0 Å². The molecule has 0 bridgehead atoms. The number of halogens is 2. The van der Waals surface area contributed by atoms with Crippen molar-refractivity contribution >= 4 is 23.2 Å². The van der Waals surface area contributed by atoms with E-state index in [4.69, 9.17) is 29.6 Å². The Kier molecular flexibility index (Phi) is 2.82. The molecule has 56 valence electrons. The van der Waals surface area contributed by atoms with Gasteiger partial charge in [-0.2, -0.15) is 0 Å². The van der Waals surface area contributed by atoms with E-state index in [1.165, 1.54) is 0 Å². The number of benzene rings is 1. The van der Waals surface area contributed by atoms with Gasteiger partial charge in [0.25, 0.3) is 0 Å². The second-order valence-electron chi connectivity index (χ2n) is 2.13. The predicted octanol–water partition coefficient (Wildman–Crippen LogP) is 3.17. The van der Waals surface area contributed by atoms with Crippen molar-refractivity contribution in [3.8, 4) is 12.3 Å². The smallest absolute Gasteiger partial charge is 0.0595 e. The van der Waals surface area contributed by atoms with Gasteiger partial charge in [-0.25, -0.2) is 0 Å². The van der Waals surface area contributed by atoms with E-state index < -0.39 is 0 Å². The Balaban J connectivity index is 2.98. The van der Waals surface area contributed by atoms with Gasteiger partial charge in [0.1, 0.15) is 0 Å². The van der Waals surface area contributed by atoms with Gasteiger partial charge in [0.05, 0.1) is 10.0 Å². The van der Waals surface area contributed by atoms with E-state index in [1.54, 1.807) is 12.1 Å². The van der Waals surface area contributed by atoms with Crippen molar-refractivity contribution in [2.45, 2.75) is 6.42 Å². The van der Waals surface area contributed by atoms with Crippen LogP contribution in [0.1, 0.15) is 5.56 Å². The maximum atomic E-state index is 5.75. The Hall–Kier alpha value is -0.640. The highest BCUT2D eigenvalue weighted by Gasteiger charge is 1.96. The maximum absolute atomic E-state index is 5.75. The fraction of sp³-hybridized carbons (Fsp3) is 0.111. The molecule has 2 heteroatoms. The van der Waals surface area contributed by atoms with Gasteiger partial charge in [-0.15, -0.1) is 12.3 Å². The monoisotopic (exact) mass is 184 g/mol. The summed E-state index contributed by atoms with van der Waals surface area (Å²) in [5.41, 5.74) is 1.02. The molecule has 0 spiro atoms. The van der Waals surface area contributed by atoms with Crippen molar-refractivity contribution in [2.75, 3.05) is 0 Å². The minimum atomic E-state index is 0.555. The molecule has 0 N–H and O–H groups in total. The molecule has 0 atom stereocenters. The molecule has 1 aromatic carbocycles. The van der Waals surface area contributed by atoms with Crippen LogP contribution in [0.5, 0.6) is 0 Å². The van der Waals surface area contributed by atoms with E-state index >= 15 is 0 Å². The molecule has 0 heterocycles. The molecule has 1 rings (SSSR count). The van der Waals surface area contributed by atoms with Crippen LogP contribution < -0.4 is 0 Å². The van der Waals surface area contributed by atoms with E-state index in [-0.39, 0.29) is 0 Å². The van der Waals surface area contributed by atoms with Crippen molar-refractivity contribution in [2.24, 2.45) is 0 Å². The number of rotatable bonds is 1. The van der Waals surface area contributed by atoms with Crippen molar-refractivity contribution in [3.05, 3.63) is 33.8 Å². The van der Waals surface area contributed by atoms with Crippen molar-refractivity contribution in [1.29, 1.82) is 0 Å². The van der Waals surface area contributed by atoms with Crippen molar-refractivity contribution in [3.63, 3.8) is 0 Å². The Morgan fingerprint density at radius 1 is 1.27 bits per heavy atom. The zero-order chi connectivity index (χ0) is 8.27. The highest BCUT2D eigenvalue weighted by molar-refractivity contribution is 6.42. The lowest BCUT2D eigenvalue weighted by Crippen LogP contribution is -1.80. The molecule has 1 aromatic rings. The van der Waals surface area contributed by atoms with Crippen LogP contribution in [0.2, 0.25) is 10.0 Å². The van der Waals surface area contributed by atoms with Crippen LogP contribution in [0.3, 0.4) is 0 Å². The van der Waals surface area contributed by atoms with Gasteiger partial charge in [0.2, 0.25) is 0 Å². The third-order valence-corrected chi connectivity index (χ3v) is 2.03. The van der Waals surface area contributed by atoms with Gasteiger partial charge < -0.3 is 0 Å². The molecule has 0 aliphatic heterocycles. The quantitative estimate of drug-likeness (QED) is 0.589. The van der Waals surface area contributed by atoms with Gasteiger partial charge in [-0.1, -0.05) is 29.3 Å². The topological polar surface area (TPSA) is 0 Å². The molecule has 0 radical (unpaired) electrons. The molecule has 0 saturated carbocycles. The summed E-state index contributed by atoms with van der Waals surface area (Å²) in [4.78, 5) is 0. The summed E-state index contributed by atoms with van der Waals surface area (Å²) < 4.78 is 0. The molecular weight excluding hydrogens is 179 g/mol. The summed E-state index contributed by atoms with van der Waals surface area (Å²) in [6.07, 6.45) is 5.72. The van der Waals surface area contributed by atoms with Crippen molar-refractivity contribution < 1.29 is 0 Å². The first kappa shape index (κ1) is 8.46. The molecule has 0 amide bonds. The molecule has 0 fully saturated rings. The third-order valence-electron chi connectivity index (χ3n) is 1.29. The lowest BCUT2D eigenvalue weighted by atomic mass is 10.2. The summed E-state index contributed by atoms with van der Waals surface area (Å²) in [6.45, 7) is 0. The predicted molar refractivity (Wildman–Crippen MR) is 49.0 cm³/mol. The largest absolute Gasteiger partial charge is 0.120 e. The van der Waals surface area contributed by atoms with Gasteiger partial charge in [0.15, 0.2) is 0 Å². The van der Waals surface area contributed by atoms with E-state index in [0.29, 0.717) is 16.5 Å². The van der Waals surface area contributed by atoms with Gasteiger partial charge in [0, 0.05) is 6.42 Å². The summed E-state index contributed by atoms with van der Waals surface area (Å²) in [5, 5.41) is 1.12. The van der Waals surface area contributed by atoms with Crippen LogP contribution >= 0.6 is 23.2 Å². The maximum Gasteiger partial charge on any atom is 0.0595 e. The summed E-state index contributed by atoms with van der Waals surface area (Å²) in [5.74, 6) is 2.53. The Bertz CT molecular complexity index is 297. The van der Waals surface area contributed by atoms with Crippen LogP contribution in [0.15, 0.2) is 18.2 Å². The highest BCUT2D eigenvalue weighted by Crippen LogP contribution is 2.22. The van der Waals surface area contributed by atoms with Crippen LogP contribution in [0.4, 0.5) is 0 Å². The zero-order valence-corrected chi connectivity index (χ0v) is 7.28. The van der Waals surface area contributed by atoms with E-state index in [9.17, 15) is 0 Å². The fourth-order valence-corrected chi connectivity index (χ4v) is 1.09. The Labute approximate surface area is 76.1 Å².